The van der Waals surface area contributed by atoms with E-state index in [0.717, 1.165) is 23.0 Å². The van der Waals surface area contributed by atoms with Gasteiger partial charge in [-0.2, -0.15) is 10.2 Å². The summed E-state index contributed by atoms with van der Waals surface area (Å²) in [7, 11) is 0. The molecule has 5 heteroatoms. The molecular weight excluding hydrogens is 202 g/mol. The molecule has 0 amide bonds. The minimum atomic E-state index is -0.0176. The lowest BCUT2D eigenvalue weighted by atomic mass is 9.96. The van der Waals surface area contributed by atoms with Crippen molar-refractivity contribution in [1.82, 2.24) is 25.4 Å². The summed E-state index contributed by atoms with van der Waals surface area (Å²) in [5.74, 6) is 1.70. The predicted molar refractivity (Wildman–Crippen MR) is 61.2 cm³/mol. The number of hydrogen-bond donors (Lipinski definition) is 2. The maximum Gasteiger partial charge on any atom is 0.156 e. The SMILES string of the molecule is Cc1cc(Cc2nc(C(C)(C)C)n[nH]2)n[nH]1. The number of aryl methyl sites for hydroxylation is 1. The fraction of sp³-hybridized carbons (Fsp3) is 0.545. The van der Waals surface area contributed by atoms with E-state index in [4.69, 9.17) is 0 Å². The van der Waals surface area contributed by atoms with Crippen LogP contribution >= 0.6 is 0 Å². The Balaban J connectivity index is 2.14. The lowest BCUT2D eigenvalue weighted by Crippen LogP contribution is -2.13. The van der Waals surface area contributed by atoms with Crippen LogP contribution in [-0.4, -0.2) is 25.4 Å². The van der Waals surface area contributed by atoms with Crippen molar-refractivity contribution in [3.63, 3.8) is 0 Å². The van der Waals surface area contributed by atoms with Gasteiger partial charge in [-0.25, -0.2) is 4.98 Å². The van der Waals surface area contributed by atoms with Crippen LogP contribution in [0.1, 0.15) is 43.8 Å². The van der Waals surface area contributed by atoms with Gasteiger partial charge < -0.3 is 0 Å². The standard InChI is InChI=1S/C11H17N5/c1-7-5-8(14-13-7)6-9-12-10(16-15-9)11(2,3)4/h5H,6H2,1-4H3,(H,13,14)(H,12,15,16). The van der Waals surface area contributed by atoms with Crippen LogP contribution in [0.2, 0.25) is 0 Å². The normalized spacial score (nSPS) is 12.0. The minimum absolute atomic E-state index is 0.0176. The number of rotatable bonds is 2. The molecule has 2 N–H and O–H groups in total. The molecule has 0 saturated heterocycles. The average Bonchev–Trinajstić information content (AvgIpc) is 2.74. The van der Waals surface area contributed by atoms with Gasteiger partial charge in [0.15, 0.2) is 5.82 Å². The Morgan fingerprint density at radius 3 is 2.44 bits per heavy atom. The molecule has 0 radical (unpaired) electrons. The first-order chi connectivity index (χ1) is 7.45. The molecule has 0 spiro atoms. The van der Waals surface area contributed by atoms with Crippen molar-refractivity contribution in [2.45, 2.75) is 39.5 Å². The zero-order valence-corrected chi connectivity index (χ0v) is 10.1. The first-order valence-corrected chi connectivity index (χ1v) is 5.38. The summed E-state index contributed by atoms with van der Waals surface area (Å²) >= 11 is 0. The van der Waals surface area contributed by atoms with Crippen molar-refractivity contribution >= 4 is 0 Å². The molecule has 0 bridgehead atoms. The van der Waals surface area contributed by atoms with Gasteiger partial charge in [0.2, 0.25) is 0 Å². The fourth-order valence-corrected chi connectivity index (χ4v) is 1.45. The Labute approximate surface area is 94.7 Å². The molecule has 2 aromatic heterocycles. The molecule has 0 aromatic carbocycles. The van der Waals surface area contributed by atoms with Gasteiger partial charge >= 0.3 is 0 Å². The highest BCUT2D eigenvalue weighted by atomic mass is 15.2. The maximum absolute atomic E-state index is 4.47. The predicted octanol–water partition coefficient (Wildman–Crippen LogP) is 1.72. The molecule has 0 saturated carbocycles. The monoisotopic (exact) mass is 219 g/mol. The summed E-state index contributed by atoms with van der Waals surface area (Å²) in [5.41, 5.74) is 2.02. The number of nitrogens with zero attached hydrogens (tertiary/aromatic N) is 3. The molecule has 2 heterocycles. The van der Waals surface area contributed by atoms with Crippen molar-refractivity contribution in [1.29, 1.82) is 0 Å². The van der Waals surface area contributed by atoms with Crippen molar-refractivity contribution in [2.24, 2.45) is 0 Å². The van der Waals surface area contributed by atoms with Gasteiger partial charge in [0.25, 0.3) is 0 Å². The first-order valence-electron chi connectivity index (χ1n) is 5.38. The molecule has 0 aliphatic heterocycles. The summed E-state index contributed by atoms with van der Waals surface area (Å²) in [4.78, 5) is 4.47. The number of aromatic amines is 2. The van der Waals surface area contributed by atoms with Gasteiger partial charge in [0.05, 0.1) is 12.1 Å². The molecule has 2 aromatic rings. The average molecular weight is 219 g/mol. The van der Waals surface area contributed by atoms with Crippen molar-refractivity contribution in [3.05, 3.63) is 29.1 Å². The number of H-pyrrole nitrogens is 2. The fourth-order valence-electron chi connectivity index (χ4n) is 1.45. The summed E-state index contributed by atoms with van der Waals surface area (Å²) in [6, 6.07) is 2.01. The van der Waals surface area contributed by atoms with E-state index >= 15 is 0 Å². The molecule has 0 aliphatic carbocycles. The molecule has 2 rings (SSSR count). The van der Waals surface area contributed by atoms with Crippen LogP contribution in [0.3, 0.4) is 0 Å². The Bertz CT molecular complexity index is 475. The third kappa shape index (κ3) is 2.29. The van der Waals surface area contributed by atoms with E-state index in [-0.39, 0.29) is 5.41 Å². The minimum Gasteiger partial charge on any atom is -0.283 e. The van der Waals surface area contributed by atoms with E-state index in [1.807, 2.05) is 13.0 Å². The second-order valence-corrected chi connectivity index (χ2v) is 5.07. The first kappa shape index (κ1) is 10.9. The quantitative estimate of drug-likeness (QED) is 0.808. The molecule has 16 heavy (non-hydrogen) atoms. The second kappa shape index (κ2) is 3.73. The Morgan fingerprint density at radius 2 is 1.94 bits per heavy atom. The molecule has 0 atom stereocenters. The van der Waals surface area contributed by atoms with E-state index in [1.54, 1.807) is 0 Å². The van der Waals surface area contributed by atoms with Gasteiger partial charge in [-0.1, -0.05) is 20.8 Å². The summed E-state index contributed by atoms with van der Waals surface area (Å²) in [6.07, 6.45) is 0.688. The number of hydrogen-bond acceptors (Lipinski definition) is 3. The van der Waals surface area contributed by atoms with Crippen LogP contribution < -0.4 is 0 Å². The Morgan fingerprint density at radius 1 is 1.19 bits per heavy atom. The zero-order chi connectivity index (χ0) is 11.8. The van der Waals surface area contributed by atoms with Crippen molar-refractivity contribution in [2.75, 3.05) is 0 Å². The highest BCUT2D eigenvalue weighted by Gasteiger charge is 2.19. The largest absolute Gasteiger partial charge is 0.283 e. The molecule has 0 unspecified atom stereocenters. The van der Waals surface area contributed by atoms with E-state index in [0.29, 0.717) is 6.42 Å². The van der Waals surface area contributed by atoms with Crippen LogP contribution in [0.5, 0.6) is 0 Å². The summed E-state index contributed by atoms with van der Waals surface area (Å²) < 4.78 is 0. The summed E-state index contributed by atoms with van der Waals surface area (Å²) in [6.45, 7) is 8.27. The lowest BCUT2D eigenvalue weighted by molar-refractivity contribution is 0.548. The van der Waals surface area contributed by atoms with Crippen LogP contribution in [0.15, 0.2) is 6.07 Å². The highest BCUT2D eigenvalue weighted by Crippen LogP contribution is 2.17. The number of nitrogens with one attached hydrogen (secondary N) is 2. The van der Waals surface area contributed by atoms with Gasteiger partial charge in [0, 0.05) is 11.1 Å². The van der Waals surface area contributed by atoms with Crippen LogP contribution in [-0.2, 0) is 11.8 Å². The van der Waals surface area contributed by atoms with Gasteiger partial charge in [-0.3, -0.25) is 10.2 Å². The van der Waals surface area contributed by atoms with E-state index in [1.165, 1.54) is 0 Å². The third-order valence-electron chi connectivity index (χ3n) is 2.31. The van der Waals surface area contributed by atoms with Crippen molar-refractivity contribution < 1.29 is 0 Å². The maximum atomic E-state index is 4.47. The Hall–Kier alpha value is -1.65. The van der Waals surface area contributed by atoms with Gasteiger partial charge in [0.1, 0.15) is 5.82 Å². The lowest BCUT2D eigenvalue weighted by Gasteiger charge is -2.11. The highest BCUT2D eigenvalue weighted by molar-refractivity contribution is 5.13. The third-order valence-corrected chi connectivity index (χ3v) is 2.31. The molecule has 0 fully saturated rings. The zero-order valence-electron chi connectivity index (χ0n) is 10.1. The van der Waals surface area contributed by atoms with Crippen molar-refractivity contribution in [3.8, 4) is 0 Å². The van der Waals surface area contributed by atoms with E-state index in [9.17, 15) is 0 Å². The number of aromatic nitrogens is 5. The van der Waals surface area contributed by atoms with Crippen LogP contribution in [0, 0.1) is 6.92 Å². The van der Waals surface area contributed by atoms with E-state index in [2.05, 4.69) is 46.1 Å². The van der Waals surface area contributed by atoms with Gasteiger partial charge in [-0.05, 0) is 13.0 Å². The summed E-state index contributed by atoms with van der Waals surface area (Å²) in [5, 5.41) is 14.3. The smallest absolute Gasteiger partial charge is 0.156 e. The molecular formula is C11H17N5. The molecule has 86 valence electrons. The van der Waals surface area contributed by atoms with Gasteiger partial charge in [-0.15, -0.1) is 0 Å². The molecule has 0 aliphatic rings. The van der Waals surface area contributed by atoms with E-state index < -0.39 is 0 Å². The van der Waals surface area contributed by atoms with Crippen LogP contribution in [0.4, 0.5) is 0 Å². The molecule has 5 nitrogen and oxygen atoms in total. The Kier molecular flexibility index (Phi) is 2.53. The second-order valence-electron chi connectivity index (χ2n) is 5.07. The van der Waals surface area contributed by atoms with Crippen LogP contribution in [0.25, 0.3) is 0 Å². The topological polar surface area (TPSA) is 70.2 Å².